The molecule has 0 atom stereocenters. The van der Waals surface area contributed by atoms with Crippen LogP contribution in [0.1, 0.15) is 20.8 Å². The van der Waals surface area contributed by atoms with Gasteiger partial charge in [0.05, 0.1) is 17.3 Å². The van der Waals surface area contributed by atoms with Crippen molar-refractivity contribution in [3.63, 3.8) is 0 Å². The molecule has 0 aliphatic carbocycles. The van der Waals surface area contributed by atoms with E-state index in [4.69, 9.17) is 26.6 Å². The molecule has 0 saturated heterocycles. The highest BCUT2D eigenvalue weighted by atomic mass is 35.5. The molecule has 0 heterocycles. The van der Waals surface area contributed by atoms with Crippen LogP contribution in [0, 0.1) is 0 Å². The maximum Gasteiger partial charge on any atom is 0.408 e. The number of nitrogens with two attached hydrogens (primary N) is 2. The SMILES string of the molecule is CC(C)(C)OC(=O)NCC(=O)NCC(=O)Nc1cc(Cl)c(S(N)(=O)=O)cc1S(N)(=O)=O. The number of hydrogen-bond donors (Lipinski definition) is 5. The quantitative estimate of drug-likeness (QED) is 0.319. The first kappa shape index (κ1) is 26.6. The van der Waals surface area contributed by atoms with Gasteiger partial charge in [-0.3, -0.25) is 9.59 Å². The normalized spacial score (nSPS) is 12.1. The monoisotopic (exact) mass is 499 g/mol. The largest absolute Gasteiger partial charge is 0.444 e. The molecule has 0 bridgehead atoms. The molecule has 16 heteroatoms. The molecule has 7 N–H and O–H groups in total. The van der Waals surface area contributed by atoms with Gasteiger partial charge in [-0.25, -0.2) is 31.9 Å². The van der Waals surface area contributed by atoms with Gasteiger partial charge in [-0.1, -0.05) is 11.6 Å². The smallest absolute Gasteiger partial charge is 0.408 e. The minimum atomic E-state index is -4.49. The Morgan fingerprint density at radius 2 is 1.45 bits per heavy atom. The molecular formula is C15H22ClN5O8S2. The van der Waals surface area contributed by atoms with Gasteiger partial charge in [0, 0.05) is 0 Å². The van der Waals surface area contributed by atoms with Crippen molar-refractivity contribution in [3.05, 3.63) is 17.2 Å². The molecule has 174 valence electrons. The minimum Gasteiger partial charge on any atom is -0.444 e. The Hall–Kier alpha value is -2.46. The third-order valence-corrected chi connectivity index (χ3v) is 5.49. The summed E-state index contributed by atoms with van der Waals surface area (Å²) in [5.41, 5.74) is -1.19. The minimum absolute atomic E-state index is 0.425. The van der Waals surface area contributed by atoms with Gasteiger partial charge >= 0.3 is 6.09 Å². The van der Waals surface area contributed by atoms with Crippen LogP contribution in [-0.2, 0) is 34.4 Å². The van der Waals surface area contributed by atoms with Crippen LogP contribution < -0.4 is 26.2 Å². The fourth-order valence-electron chi connectivity index (χ4n) is 1.99. The Labute approximate surface area is 183 Å². The highest BCUT2D eigenvalue weighted by molar-refractivity contribution is 7.90. The van der Waals surface area contributed by atoms with E-state index in [2.05, 4.69) is 16.0 Å². The van der Waals surface area contributed by atoms with Crippen molar-refractivity contribution in [2.45, 2.75) is 36.2 Å². The summed E-state index contributed by atoms with van der Waals surface area (Å²) < 4.78 is 51.5. The van der Waals surface area contributed by atoms with Crippen molar-refractivity contribution in [1.29, 1.82) is 0 Å². The number of nitrogens with one attached hydrogen (secondary N) is 3. The van der Waals surface area contributed by atoms with Gasteiger partial charge in [0.1, 0.15) is 21.9 Å². The molecule has 0 aliphatic heterocycles. The first-order chi connectivity index (χ1) is 13.9. The number of hydrogen-bond acceptors (Lipinski definition) is 8. The van der Waals surface area contributed by atoms with Gasteiger partial charge in [-0.2, -0.15) is 0 Å². The molecule has 13 nitrogen and oxygen atoms in total. The number of carbonyl (C=O) groups is 3. The average molecular weight is 500 g/mol. The Morgan fingerprint density at radius 3 is 1.94 bits per heavy atom. The number of ether oxygens (including phenoxy) is 1. The molecule has 0 saturated carbocycles. The maximum atomic E-state index is 12.1. The molecule has 1 rings (SSSR count). The number of amides is 3. The van der Waals surface area contributed by atoms with Gasteiger partial charge in [0.2, 0.25) is 31.9 Å². The van der Waals surface area contributed by atoms with E-state index >= 15 is 0 Å². The summed E-state index contributed by atoms with van der Waals surface area (Å²) in [5, 5.41) is 16.1. The highest BCUT2D eigenvalue weighted by Crippen LogP contribution is 2.30. The van der Waals surface area contributed by atoms with E-state index in [9.17, 15) is 31.2 Å². The summed E-state index contributed by atoms with van der Waals surface area (Å²) in [4.78, 5) is 33.8. The van der Waals surface area contributed by atoms with Crippen LogP contribution in [0.5, 0.6) is 0 Å². The third-order valence-electron chi connectivity index (χ3n) is 3.16. The molecule has 0 spiro atoms. The summed E-state index contributed by atoms with van der Waals surface area (Å²) in [6.45, 7) is 3.80. The van der Waals surface area contributed by atoms with Gasteiger partial charge in [-0.15, -0.1) is 0 Å². The molecular weight excluding hydrogens is 478 g/mol. The molecule has 3 amide bonds. The zero-order chi connectivity index (χ0) is 24.2. The number of halogens is 1. The van der Waals surface area contributed by atoms with Gasteiger partial charge in [0.25, 0.3) is 0 Å². The molecule has 1 aromatic carbocycles. The summed E-state index contributed by atoms with van der Waals surface area (Å²) >= 11 is 5.80. The second-order valence-electron chi connectivity index (χ2n) is 7.05. The van der Waals surface area contributed by atoms with Crippen LogP contribution in [0.15, 0.2) is 21.9 Å². The lowest BCUT2D eigenvalue weighted by Crippen LogP contribution is -2.42. The summed E-state index contributed by atoms with van der Waals surface area (Å²) in [6, 6.07) is 1.44. The van der Waals surface area contributed by atoms with E-state index < -0.39 is 77.1 Å². The predicted molar refractivity (Wildman–Crippen MR) is 110 cm³/mol. The van der Waals surface area contributed by atoms with Crippen LogP contribution in [-0.4, -0.2) is 53.4 Å². The first-order valence-corrected chi connectivity index (χ1v) is 11.8. The van der Waals surface area contributed by atoms with Crippen molar-refractivity contribution >= 4 is 55.2 Å². The number of alkyl carbamates (subject to hydrolysis) is 1. The maximum absolute atomic E-state index is 12.1. The van der Waals surface area contributed by atoms with Crippen LogP contribution in [0.4, 0.5) is 10.5 Å². The van der Waals surface area contributed by atoms with Crippen LogP contribution in [0.3, 0.4) is 0 Å². The van der Waals surface area contributed by atoms with Gasteiger partial charge in [-0.05, 0) is 32.9 Å². The lowest BCUT2D eigenvalue weighted by molar-refractivity contribution is -0.123. The molecule has 0 unspecified atom stereocenters. The number of carbonyl (C=O) groups excluding carboxylic acids is 3. The Balaban J connectivity index is 2.83. The van der Waals surface area contributed by atoms with E-state index in [-0.39, 0.29) is 0 Å². The third kappa shape index (κ3) is 9.06. The fraction of sp³-hybridized carbons (Fsp3) is 0.400. The summed E-state index contributed by atoms with van der Waals surface area (Å²) in [6.07, 6.45) is -0.838. The molecule has 0 aromatic heterocycles. The first-order valence-electron chi connectivity index (χ1n) is 8.32. The average Bonchev–Trinajstić information content (AvgIpc) is 2.54. The van der Waals surface area contributed by atoms with Gasteiger partial charge < -0.3 is 20.7 Å². The van der Waals surface area contributed by atoms with Crippen molar-refractivity contribution in [2.24, 2.45) is 10.3 Å². The van der Waals surface area contributed by atoms with Crippen molar-refractivity contribution in [2.75, 3.05) is 18.4 Å². The van der Waals surface area contributed by atoms with Gasteiger partial charge in [0.15, 0.2) is 0 Å². The van der Waals surface area contributed by atoms with E-state index in [1.54, 1.807) is 20.8 Å². The topological polar surface area (TPSA) is 217 Å². The molecule has 0 radical (unpaired) electrons. The summed E-state index contributed by atoms with van der Waals surface area (Å²) in [7, 11) is -8.86. The summed E-state index contributed by atoms with van der Waals surface area (Å²) in [5.74, 6) is -1.63. The standard InChI is InChI=1S/C15H22ClN5O8S2/c1-15(2,3)29-14(24)20-6-12(22)19-7-13(23)21-9-4-8(16)10(30(17,25)26)5-11(9)31(18,27)28/h4-5H,6-7H2,1-3H3,(H,19,22)(H,20,24)(H,21,23)(H2,17,25,26)(H2,18,27,28). The lowest BCUT2D eigenvalue weighted by atomic mass is 10.2. The zero-order valence-corrected chi connectivity index (χ0v) is 19.1. The second-order valence-corrected chi connectivity index (χ2v) is 10.5. The lowest BCUT2D eigenvalue weighted by Gasteiger charge is -2.19. The Kier molecular flexibility index (Phi) is 8.38. The Bertz CT molecular complexity index is 1100. The van der Waals surface area contributed by atoms with E-state index in [1.165, 1.54) is 0 Å². The van der Waals surface area contributed by atoms with Crippen molar-refractivity contribution < 1.29 is 36.0 Å². The molecule has 1 aromatic rings. The number of anilines is 1. The van der Waals surface area contributed by atoms with Crippen molar-refractivity contribution in [3.8, 4) is 0 Å². The molecule has 31 heavy (non-hydrogen) atoms. The van der Waals surface area contributed by atoms with E-state index in [1.807, 2.05) is 0 Å². The molecule has 0 fully saturated rings. The Morgan fingerprint density at radius 1 is 0.935 bits per heavy atom. The predicted octanol–water partition coefficient (Wildman–Crippen LogP) is -0.786. The van der Waals surface area contributed by atoms with Crippen molar-refractivity contribution in [1.82, 2.24) is 10.6 Å². The number of primary sulfonamides is 2. The van der Waals surface area contributed by atoms with Crippen LogP contribution in [0.2, 0.25) is 5.02 Å². The second kappa shape index (κ2) is 9.78. The van der Waals surface area contributed by atoms with E-state index in [0.29, 0.717) is 6.07 Å². The number of sulfonamides is 2. The van der Waals surface area contributed by atoms with Crippen LogP contribution in [0.25, 0.3) is 0 Å². The fourth-order valence-corrected chi connectivity index (χ4v) is 3.86. The van der Waals surface area contributed by atoms with E-state index in [0.717, 1.165) is 6.07 Å². The number of rotatable bonds is 7. The highest BCUT2D eigenvalue weighted by Gasteiger charge is 2.23. The molecule has 0 aliphatic rings. The number of benzene rings is 1. The van der Waals surface area contributed by atoms with Crippen LogP contribution >= 0.6 is 11.6 Å². The zero-order valence-electron chi connectivity index (χ0n) is 16.7.